The van der Waals surface area contributed by atoms with Gasteiger partial charge in [0.25, 0.3) is 0 Å². The van der Waals surface area contributed by atoms with E-state index in [1.807, 2.05) is 12.1 Å². The van der Waals surface area contributed by atoms with Gasteiger partial charge in [0.2, 0.25) is 6.20 Å². The van der Waals surface area contributed by atoms with Crippen LogP contribution in [0, 0.1) is 22.2 Å². The van der Waals surface area contributed by atoms with Gasteiger partial charge in [-0.2, -0.15) is 0 Å². The molecule has 0 aromatic heterocycles. The number of hydrogen-bond acceptors (Lipinski definition) is 6. The maximum Gasteiger partial charge on any atom is 0.419 e. The van der Waals surface area contributed by atoms with Crippen LogP contribution in [0.2, 0.25) is 0 Å². The first-order chi connectivity index (χ1) is 17.4. The average Bonchev–Trinajstić information content (AvgIpc) is 2.90. The maximum absolute atomic E-state index is 13.1. The second-order valence-electron chi connectivity index (χ2n) is 9.89. The van der Waals surface area contributed by atoms with Crippen LogP contribution in [0.25, 0.3) is 0 Å². The predicted octanol–water partition coefficient (Wildman–Crippen LogP) is 5.59. The number of aryl methyl sites for hydroxylation is 1. The van der Waals surface area contributed by atoms with Gasteiger partial charge in [-0.25, -0.2) is 0 Å². The Hall–Kier alpha value is -3.48. The molecule has 4 aliphatic rings. The lowest BCUT2D eigenvalue weighted by Crippen LogP contribution is -2.39. The predicted molar refractivity (Wildman–Crippen MR) is 135 cm³/mol. The van der Waals surface area contributed by atoms with Gasteiger partial charge in [0.05, 0.1) is 35.5 Å². The third kappa shape index (κ3) is 4.00. The summed E-state index contributed by atoms with van der Waals surface area (Å²) < 4.78 is 28.7. The third-order valence-corrected chi connectivity index (χ3v) is 8.11. The largest absolute Gasteiger partial charge is 0.493 e. The summed E-state index contributed by atoms with van der Waals surface area (Å²) in [6.07, 6.45) is 12.5. The monoisotopic (exact) mass is 492 g/mol. The summed E-state index contributed by atoms with van der Waals surface area (Å²) in [5.41, 5.74) is 4.25. The highest BCUT2D eigenvalue weighted by atomic mass is 16.5. The van der Waals surface area contributed by atoms with Gasteiger partial charge < -0.3 is 23.7 Å². The van der Waals surface area contributed by atoms with E-state index in [4.69, 9.17) is 23.7 Å². The van der Waals surface area contributed by atoms with Crippen LogP contribution in [0.15, 0.2) is 76.7 Å². The summed E-state index contributed by atoms with van der Waals surface area (Å²) in [7, 11) is 8.17. The quantitative estimate of drug-likeness (QED) is 0.441. The molecule has 0 saturated heterocycles. The van der Waals surface area contributed by atoms with Crippen molar-refractivity contribution in [2.45, 2.75) is 32.1 Å². The first-order valence-corrected chi connectivity index (χ1v) is 12.4. The second kappa shape index (κ2) is 9.52. The Kier molecular flexibility index (Phi) is 6.41. The molecule has 3 unspecified atom stereocenters. The van der Waals surface area contributed by atoms with Crippen molar-refractivity contribution in [2.24, 2.45) is 17.3 Å². The molecule has 3 aliphatic carbocycles. The van der Waals surface area contributed by atoms with Crippen molar-refractivity contribution in [3.05, 3.63) is 87.2 Å². The number of nitrogens with zero attached hydrogens (tertiary/aromatic N) is 1. The van der Waals surface area contributed by atoms with Crippen LogP contribution >= 0.6 is 0 Å². The lowest BCUT2D eigenvalue weighted by molar-refractivity contribution is -0.462. The fourth-order valence-corrected chi connectivity index (χ4v) is 6.34. The molecule has 1 aliphatic heterocycles. The Morgan fingerprint density at radius 1 is 0.917 bits per heavy atom. The minimum atomic E-state index is -0.485. The number of nitroso groups, excluding NO2 is 1. The number of hydrogen-bond donors (Lipinski definition) is 0. The second-order valence-corrected chi connectivity index (χ2v) is 9.89. The van der Waals surface area contributed by atoms with Crippen LogP contribution in [0.3, 0.4) is 0 Å². The van der Waals surface area contributed by atoms with Gasteiger partial charge in [0, 0.05) is 22.0 Å². The lowest BCUT2D eigenvalue weighted by atomic mass is 9.56. The minimum absolute atomic E-state index is 0.300. The Morgan fingerprint density at radius 2 is 1.69 bits per heavy atom. The van der Waals surface area contributed by atoms with Crippen molar-refractivity contribution in [3.8, 4) is 11.5 Å². The van der Waals surface area contributed by atoms with Crippen molar-refractivity contribution >= 4 is 0 Å². The molecule has 1 heterocycles. The number of benzene rings is 1. The van der Waals surface area contributed by atoms with E-state index in [-0.39, 0.29) is 0 Å². The molecule has 1 aromatic carbocycles. The highest BCUT2D eigenvalue weighted by Gasteiger charge is 2.50. The smallest absolute Gasteiger partial charge is 0.419 e. The summed E-state index contributed by atoms with van der Waals surface area (Å²) in [5.74, 6) is 4.09. The summed E-state index contributed by atoms with van der Waals surface area (Å²) in [6.45, 7) is 0. The highest BCUT2D eigenvalue weighted by molar-refractivity contribution is 5.57. The molecule has 3 atom stereocenters. The fraction of sp³-hybridized carbons (Fsp3) is 0.448. The van der Waals surface area contributed by atoms with Crippen molar-refractivity contribution in [1.29, 1.82) is 0 Å². The molecule has 7 heteroatoms. The van der Waals surface area contributed by atoms with E-state index in [0.717, 1.165) is 53.9 Å². The molecule has 5 rings (SSSR count). The van der Waals surface area contributed by atoms with Gasteiger partial charge >= 0.3 is 5.88 Å². The minimum Gasteiger partial charge on any atom is -0.493 e. The fourth-order valence-electron chi connectivity index (χ4n) is 6.34. The van der Waals surface area contributed by atoms with Crippen molar-refractivity contribution in [2.75, 3.05) is 35.5 Å². The van der Waals surface area contributed by atoms with E-state index in [1.54, 1.807) is 41.7 Å². The summed E-state index contributed by atoms with van der Waals surface area (Å²) in [5, 5.41) is 0. The number of allylic oxidation sites excluding steroid dienone is 6. The molecule has 0 N–H and O–H groups in total. The van der Waals surface area contributed by atoms with Crippen LogP contribution in [-0.4, -0.2) is 40.3 Å². The zero-order chi connectivity index (χ0) is 25.4. The standard InChI is InChI=1S/C29H34NO6/c1-32-24-9-7-18(10-25(24)33-2)6-8-19-11-21-17-30(31)28(36-5)16-29-14-20(19)12-22(21)23(29)13-26(34-3)27(15-29)35-4/h7,9-10,13,15-17,19-20H,6,8,11-12,14H2,1-5H3/q+1. The van der Waals surface area contributed by atoms with E-state index in [9.17, 15) is 4.91 Å². The van der Waals surface area contributed by atoms with E-state index >= 15 is 0 Å². The normalized spacial score (nSPS) is 26.5. The van der Waals surface area contributed by atoms with Crippen molar-refractivity contribution < 1.29 is 28.4 Å². The molecule has 190 valence electrons. The Labute approximate surface area is 212 Å². The Bertz CT molecular complexity index is 1240. The van der Waals surface area contributed by atoms with Crippen LogP contribution < -0.4 is 9.47 Å². The molecular formula is C29H34NO6+. The van der Waals surface area contributed by atoms with E-state index < -0.39 is 5.41 Å². The molecule has 3 bridgehead atoms. The van der Waals surface area contributed by atoms with E-state index in [2.05, 4.69) is 24.3 Å². The first-order valence-electron chi connectivity index (χ1n) is 12.4. The zero-order valence-electron chi connectivity index (χ0n) is 21.6. The van der Waals surface area contributed by atoms with Gasteiger partial charge in [0.15, 0.2) is 23.0 Å². The first kappa shape index (κ1) is 24.2. The topological polar surface area (TPSA) is 66.2 Å². The van der Waals surface area contributed by atoms with Crippen LogP contribution in [-0.2, 0) is 20.6 Å². The van der Waals surface area contributed by atoms with Gasteiger partial charge in [0.1, 0.15) is 4.76 Å². The number of fused-ring (bicyclic) bond motifs is 1. The molecule has 1 saturated carbocycles. The molecule has 36 heavy (non-hydrogen) atoms. The highest BCUT2D eigenvalue weighted by Crippen LogP contribution is 2.58. The summed E-state index contributed by atoms with van der Waals surface area (Å²) in [4.78, 5) is 13.1. The number of methoxy groups -OCH3 is 5. The zero-order valence-corrected chi connectivity index (χ0v) is 21.6. The van der Waals surface area contributed by atoms with Gasteiger partial charge in [-0.1, -0.05) is 6.07 Å². The van der Waals surface area contributed by atoms with E-state index in [0.29, 0.717) is 29.2 Å². The number of ether oxygens (including phenoxy) is 5. The summed E-state index contributed by atoms with van der Waals surface area (Å²) >= 11 is 0. The SMILES string of the molecule is COC1=CC2=C3CC4CC2(C=C1OC)C=C(OC)[N+](=O)C=C3CC4CCc1ccc(OC)c(OC)c1. The van der Waals surface area contributed by atoms with Gasteiger partial charge in [-0.3, -0.25) is 0 Å². The van der Waals surface area contributed by atoms with Crippen molar-refractivity contribution in [1.82, 2.24) is 0 Å². The summed E-state index contributed by atoms with van der Waals surface area (Å²) in [6, 6.07) is 6.13. The van der Waals surface area contributed by atoms with Crippen LogP contribution in [0.4, 0.5) is 0 Å². The molecule has 1 aromatic rings. The average molecular weight is 493 g/mol. The maximum atomic E-state index is 13.1. The molecule has 0 radical (unpaired) electrons. The molecule has 0 amide bonds. The lowest BCUT2D eigenvalue weighted by Gasteiger charge is -2.47. The van der Waals surface area contributed by atoms with Crippen LogP contribution in [0.5, 0.6) is 11.5 Å². The van der Waals surface area contributed by atoms with Gasteiger partial charge in [-0.05, 0) is 84.9 Å². The molecule has 0 spiro atoms. The Balaban J connectivity index is 1.52. The molecule has 7 nitrogen and oxygen atoms in total. The third-order valence-electron chi connectivity index (χ3n) is 8.11. The van der Waals surface area contributed by atoms with Crippen molar-refractivity contribution in [3.63, 3.8) is 0 Å². The van der Waals surface area contributed by atoms with Crippen LogP contribution in [0.1, 0.15) is 31.2 Å². The molecular weight excluding hydrogens is 458 g/mol. The van der Waals surface area contributed by atoms with Gasteiger partial charge in [-0.15, -0.1) is 0 Å². The van der Waals surface area contributed by atoms with E-state index in [1.165, 1.54) is 16.7 Å². The molecule has 1 fully saturated rings. The number of rotatable bonds is 8. The Morgan fingerprint density at radius 3 is 2.39 bits per heavy atom.